The van der Waals surface area contributed by atoms with E-state index in [4.69, 9.17) is 28.2 Å². The smallest absolute Gasteiger partial charge is 0.269 e. The molecule has 5 rings (SSSR count). The van der Waals surface area contributed by atoms with Crippen LogP contribution in [-0.4, -0.2) is 20.9 Å². The number of anilines is 2. The van der Waals surface area contributed by atoms with Gasteiger partial charge in [-0.15, -0.1) is 0 Å². The average molecular weight is 562 g/mol. The van der Waals surface area contributed by atoms with Crippen LogP contribution < -0.4 is 15.5 Å². The van der Waals surface area contributed by atoms with Gasteiger partial charge in [0.05, 0.1) is 27.4 Å². The van der Waals surface area contributed by atoms with Crippen LogP contribution >= 0.6 is 23.8 Å². The summed E-state index contributed by atoms with van der Waals surface area (Å²) in [6.07, 6.45) is 1.72. The Hall–Kier alpha value is -4.28. The van der Waals surface area contributed by atoms with Gasteiger partial charge in [0.15, 0.2) is 5.11 Å². The number of pyridine rings is 1. The lowest BCUT2D eigenvalue weighted by molar-refractivity contribution is -0.384. The summed E-state index contributed by atoms with van der Waals surface area (Å²) < 4.78 is 6.31. The van der Waals surface area contributed by atoms with Crippen LogP contribution in [0.3, 0.4) is 0 Å². The highest BCUT2D eigenvalue weighted by molar-refractivity contribution is 7.80. The highest BCUT2D eigenvalue weighted by Gasteiger charge is 2.42. The fourth-order valence-electron chi connectivity index (χ4n) is 4.37. The summed E-state index contributed by atoms with van der Waals surface area (Å²) in [7, 11) is 0. The second-order valence-electron chi connectivity index (χ2n) is 9.31. The summed E-state index contributed by atoms with van der Waals surface area (Å²) in [5, 5.41) is 18.1. The summed E-state index contributed by atoms with van der Waals surface area (Å²) in [5.41, 5.74) is 2.69. The fraction of sp³-hybridized carbons (Fsp3) is 0.179. The van der Waals surface area contributed by atoms with E-state index in [0.29, 0.717) is 38.6 Å². The van der Waals surface area contributed by atoms with Gasteiger partial charge in [-0.25, -0.2) is 0 Å². The monoisotopic (exact) mass is 561 g/mol. The molecule has 1 saturated heterocycles. The van der Waals surface area contributed by atoms with Crippen molar-refractivity contribution in [3.05, 3.63) is 106 Å². The van der Waals surface area contributed by atoms with Crippen LogP contribution in [0.5, 0.6) is 0 Å². The number of nitrogens with zero attached hydrogens (tertiary/aromatic N) is 3. The maximum atomic E-state index is 12.2. The van der Waals surface area contributed by atoms with Crippen molar-refractivity contribution >= 4 is 51.9 Å². The van der Waals surface area contributed by atoms with E-state index >= 15 is 0 Å². The lowest BCUT2D eigenvalue weighted by Gasteiger charge is -2.26. The number of non-ortho nitro benzene ring substituents is 1. The van der Waals surface area contributed by atoms with Gasteiger partial charge in [-0.05, 0) is 66.8 Å². The number of benzene rings is 2. The van der Waals surface area contributed by atoms with Crippen molar-refractivity contribution in [1.29, 1.82) is 0 Å². The highest BCUT2D eigenvalue weighted by atomic mass is 35.5. The largest absolute Gasteiger partial charge is 0.459 e. The summed E-state index contributed by atoms with van der Waals surface area (Å²) >= 11 is 12.3. The Morgan fingerprint density at radius 3 is 2.56 bits per heavy atom. The molecule has 2 aromatic carbocycles. The maximum Gasteiger partial charge on any atom is 0.269 e. The number of nitrogens with one attached hydrogen (secondary N) is 2. The first-order chi connectivity index (χ1) is 18.7. The molecule has 4 aromatic rings. The Morgan fingerprint density at radius 2 is 1.92 bits per heavy atom. The van der Waals surface area contributed by atoms with E-state index < -0.39 is 11.0 Å². The van der Waals surface area contributed by atoms with Crippen LogP contribution in [0.15, 0.2) is 83.4 Å². The highest BCUT2D eigenvalue weighted by Crippen LogP contribution is 2.44. The van der Waals surface area contributed by atoms with E-state index in [1.54, 1.807) is 30.5 Å². The van der Waals surface area contributed by atoms with E-state index in [0.717, 1.165) is 5.69 Å². The lowest BCUT2D eigenvalue weighted by Crippen LogP contribution is -2.29. The third kappa shape index (κ3) is 5.34. The van der Waals surface area contributed by atoms with Gasteiger partial charge in [0, 0.05) is 35.5 Å². The molecule has 2 aromatic heterocycles. The zero-order chi connectivity index (χ0) is 27.7. The summed E-state index contributed by atoms with van der Waals surface area (Å²) in [4.78, 5) is 29.3. The third-order valence-corrected chi connectivity index (χ3v) is 7.02. The molecule has 198 valence electrons. The minimum atomic E-state index is -0.442. The molecule has 0 radical (unpaired) electrons. The molecule has 0 aliphatic carbocycles. The topological polar surface area (TPSA) is 114 Å². The van der Waals surface area contributed by atoms with Gasteiger partial charge >= 0.3 is 0 Å². The number of furan rings is 1. The summed E-state index contributed by atoms with van der Waals surface area (Å²) in [6.45, 7) is 3.62. The normalized spacial score (nSPS) is 16.8. The molecule has 0 bridgehead atoms. The molecule has 9 nitrogen and oxygen atoms in total. The van der Waals surface area contributed by atoms with E-state index in [9.17, 15) is 14.9 Å². The number of nitro groups is 1. The fourth-order valence-corrected chi connectivity index (χ4v) is 4.94. The molecule has 11 heteroatoms. The van der Waals surface area contributed by atoms with Crippen LogP contribution in [0.4, 0.5) is 17.1 Å². The molecule has 0 saturated carbocycles. The zero-order valence-electron chi connectivity index (χ0n) is 21.0. The Labute approximate surface area is 235 Å². The molecule has 2 N–H and O–H groups in total. The van der Waals surface area contributed by atoms with E-state index in [1.807, 2.05) is 55.1 Å². The van der Waals surface area contributed by atoms with Crippen molar-refractivity contribution in [2.75, 3.05) is 10.2 Å². The minimum absolute atomic E-state index is 0.00201. The molecule has 1 aliphatic rings. The van der Waals surface area contributed by atoms with Gasteiger partial charge in [-0.2, -0.15) is 0 Å². The van der Waals surface area contributed by atoms with Gasteiger partial charge in [0.2, 0.25) is 5.91 Å². The number of rotatable bonds is 7. The number of hydrogen-bond acceptors (Lipinski definition) is 6. The number of carbonyl (C=O) groups is 1. The number of halogens is 1. The third-order valence-electron chi connectivity index (χ3n) is 6.39. The van der Waals surface area contributed by atoms with E-state index in [2.05, 4.69) is 15.6 Å². The van der Waals surface area contributed by atoms with E-state index in [-0.39, 0.29) is 23.6 Å². The lowest BCUT2D eigenvalue weighted by atomic mass is 10.0. The van der Waals surface area contributed by atoms with Crippen LogP contribution in [-0.2, 0) is 4.79 Å². The average Bonchev–Trinajstić information content (AvgIpc) is 3.55. The van der Waals surface area contributed by atoms with Crippen molar-refractivity contribution in [2.24, 2.45) is 5.92 Å². The SMILES string of the molecule is CC(C)C(=O)Nc1ccc(N2C(=S)NC(c3ccccn3)C2c2ccc(-c3ccc([N+](=O)[O-])cc3)o2)cc1Cl. The number of amides is 1. The van der Waals surface area contributed by atoms with Crippen LogP contribution in [0.1, 0.15) is 37.4 Å². The van der Waals surface area contributed by atoms with Gasteiger partial charge in [-0.3, -0.25) is 19.9 Å². The molecule has 1 amide bonds. The molecule has 1 aliphatic heterocycles. The van der Waals surface area contributed by atoms with Crippen LogP contribution in [0.2, 0.25) is 5.02 Å². The summed E-state index contributed by atoms with van der Waals surface area (Å²) in [5.74, 6) is 0.843. The first-order valence-electron chi connectivity index (χ1n) is 12.2. The second kappa shape index (κ2) is 10.8. The van der Waals surface area contributed by atoms with Gasteiger partial charge in [0.25, 0.3) is 5.69 Å². The van der Waals surface area contributed by atoms with Crippen LogP contribution in [0.25, 0.3) is 11.3 Å². The molecular formula is C28H24ClN5O4S. The minimum Gasteiger partial charge on any atom is -0.459 e. The molecule has 39 heavy (non-hydrogen) atoms. The molecule has 1 fully saturated rings. The van der Waals surface area contributed by atoms with Crippen molar-refractivity contribution in [1.82, 2.24) is 10.3 Å². The molecule has 0 spiro atoms. The first-order valence-corrected chi connectivity index (χ1v) is 13.0. The quantitative estimate of drug-likeness (QED) is 0.146. The Balaban J connectivity index is 1.53. The van der Waals surface area contributed by atoms with Gasteiger partial charge in [-0.1, -0.05) is 31.5 Å². The van der Waals surface area contributed by atoms with Crippen molar-refractivity contribution < 1.29 is 14.1 Å². The Bertz CT molecular complexity index is 1540. The van der Waals surface area contributed by atoms with Gasteiger partial charge < -0.3 is 20.0 Å². The number of hydrogen-bond donors (Lipinski definition) is 2. The number of carbonyl (C=O) groups excluding carboxylic acids is 1. The standard InChI is InChI=1S/C28H24ClN5O4S/c1-16(2)27(35)31-21-11-10-19(15-20(21)29)33-26(25(32-28(33)39)22-5-3-4-14-30-22)24-13-12-23(38-24)17-6-8-18(9-7-17)34(36)37/h3-16,25-26H,1-2H3,(H,31,35)(H,32,39). The number of thiocarbonyl (C=S) groups is 1. The van der Waals surface area contributed by atoms with Gasteiger partial charge in [0.1, 0.15) is 17.6 Å². The summed E-state index contributed by atoms with van der Waals surface area (Å²) in [6, 6.07) is 20.1. The second-order valence-corrected chi connectivity index (χ2v) is 10.1. The molecule has 2 atom stereocenters. The van der Waals surface area contributed by atoms with Crippen molar-refractivity contribution in [2.45, 2.75) is 25.9 Å². The predicted molar refractivity (Wildman–Crippen MR) is 154 cm³/mol. The molecule has 3 heterocycles. The Morgan fingerprint density at radius 1 is 1.15 bits per heavy atom. The zero-order valence-corrected chi connectivity index (χ0v) is 22.6. The number of aromatic nitrogens is 1. The van der Waals surface area contributed by atoms with Crippen LogP contribution in [0, 0.1) is 16.0 Å². The molecular weight excluding hydrogens is 538 g/mol. The Kier molecular flexibility index (Phi) is 7.32. The predicted octanol–water partition coefficient (Wildman–Crippen LogP) is 6.67. The first kappa shape index (κ1) is 26.3. The van der Waals surface area contributed by atoms with Crippen molar-refractivity contribution in [3.8, 4) is 11.3 Å². The maximum absolute atomic E-state index is 12.2. The number of nitro benzene ring substituents is 1. The molecule has 2 unspecified atom stereocenters. The van der Waals surface area contributed by atoms with E-state index in [1.165, 1.54) is 12.1 Å². The van der Waals surface area contributed by atoms with Crippen molar-refractivity contribution in [3.63, 3.8) is 0 Å².